The molecule has 2 aromatic rings. The Bertz CT molecular complexity index is 627. The van der Waals surface area contributed by atoms with E-state index in [1.165, 1.54) is 7.11 Å². The lowest BCUT2D eigenvalue weighted by Gasteiger charge is -1.98. The number of ether oxygens (including phenoxy) is 1. The Morgan fingerprint density at radius 2 is 2.00 bits per heavy atom. The summed E-state index contributed by atoms with van der Waals surface area (Å²) in [6.45, 7) is 1.78. The van der Waals surface area contributed by atoms with E-state index in [0.29, 0.717) is 11.0 Å². The molecule has 8 heteroatoms. The minimum absolute atomic E-state index is 0.0312. The van der Waals surface area contributed by atoms with Gasteiger partial charge < -0.3 is 15.5 Å². The molecule has 0 aliphatic rings. The number of fused-ring (bicyclic) bond motifs is 1. The summed E-state index contributed by atoms with van der Waals surface area (Å²) in [5.74, 6) is -1.33. The molecule has 1 heterocycles. The summed E-state index contributed by atoms with van der Waals surface area (Å²) < 4.78 is 40.8. The fourth-order valence-electron chi connectivity index (χ4n) is 1.34. The number of hydrogen-bond acceptors (Lipinski definition) is 4. The predicted molar refractivity (Wildman–Crippen MR) is 76.8 cm³/mol. The second-order valence-corrected chi connectivity index (χ2v) is 3.88. The van der Waals surface area contributed by atoms with E-state index < -0.39 is 12.0 Å². The van der Waals surface area contributed by atoms with Gasteiger partial charge >= 0.3 is 12.1 Å². The molecule has 0 fully saturated rings. The van der Waals surface area contributed by atoms with E-state index in [2.05, 4.69) is 27.6 Å². The summed E-state index contributed by atoms with van der Waals surface area (Å²) in [6, 6.07) is 4.93. The smallest absolute Gasteiger partial charge is 0.449 e. The molecule has 0 spiro atoms. The molecule has 0 saturated carbocycles. The Morgan fingerprint density at radius 3 is 2.41 bits per heavy atom. The number of halogens is 3. The summed E-state index contributed by atoms with van der Waals surface area (Å²) >= 11 is 0. The molecule has 1 aromatic carbocycles. The zero-order valence-electron chi connectivity index (χ0n) is 12.1. The average molecular weight is 315 g/mol. The topological polar surface area (TPSA) is 81.0 Å². The van der Waals surface area contributed by atoms with Crippen molar-refractivity contribution < 1.29 is 22.7 Å². The van der Waals surface area contributed by atoms with Crippen LogP contribution in [0.3, 0.4) is 0 Å². The molecule has 1 aromatic heterocycles. The quantitative estimate of drug-likeness (QED) is 0.625. The van der Waals surface area contributed by atoms with Gasteiger partial charge in [-0.3, -0.25) is 4.79 Å². The van der Waals surface area contributed by atoms with E-state index >= 15 is 0 Å². The van der Waals surface area contributed by atoms with E-state index in [1.54, 1.807) is 18.2 Å². The molecule has 0 amide bonds. The van der Waals surface area contributed by atoms with Gasteiger partial charge in [-0.05, 0) is 24.6 Å². The molecule has 3 N–H and O–H groups in total. The van der Waals surface area contributed by atoms with Crippen molar-refractivity contribution in [3.05, 3.63) is 29.6 Å². The van der Waals surface area contributed by atoms with Crippen molar-refractivity contribution in [2.75, 3.05) is 13.7 Å². The maximum atomic E-state index is 12.2. The molecule has 5 nitrogen and oxygen atoms in total. The van der Waals surface area contributed by atoms with Gasteiger partial charge in [0.15, 0.2) is 0 Å². The number of imidazole rings is 1. The minimum atomic E-state index is -4.41. The van der Waals surface area contributed by atoms with E-state index in [-0.39, 0.29) is 12.5 Å². The molecular weight excluding hydrogens is 299 g/mol. The number of benzene rings is 1. The number of alkyl halides is 3. The van der Waals surface area contributed by atoms with Crippen molar-refractivity contribution in [3.8, 4) is 12.8 Å². The van der Waals surface area contributed by atoms with Crippen LogP contribution >= 0.6 is 0 Å². The highest BCUT2D eigenvalue weighted by atomic mass is 19.4. The van der Waals surface area contributed by atoms with Gasteiger partial charge in [-0.15, -0.1) is 12.8 Å². The number of carbonyl (C=O) groups is 1. The van der Waals surface area contributed by atoms with Crippen LogP contribution in [-0.2, 0) is 15.7 Å². The largest absolute Gasteiger partial charge is 0.468 e. The number of aromatic nitrogens is 2. The van der Waals surface area contributed by atoms with Crippen LogP contribution in [0.15, 0.2) is 18.2 Å². The van der Waals surface area contributed by atoms with Gasteiger partial charge in [-0.25, -0.2) is 4.98 Å². The minimum Gasteiger partial charge on any atom is -0.468 e. The van der Waals surface area contributed by atoms with Crippen LogP contribution in [0.1, 0.15) is 11.4 Å². The molecule has 0 bridgehead atoms. The molecule has 120 valence electrons. The number of nitrogens with two attached hydrogens (primary N) is 1. The van der Waals surface area contributed by atoms with Gasteiger partial charge in [0, 0.05) is 0 Å². The third-order valence-electron chi connectivity index (χ3n) is 2.30. The van der Waals surface area contributed by atoms with Crippen LogP contribution in [0.4, 0.5) is 13.2 Å². The number of aromatic amines is 1. The highest BCUT2D eigenvalue weighted by Gasteiger charge is 2.34. The number of H-pyrrole nitrogens is 1. The molecule has 2 rings (SSSR count). The fraction of sp³-hybridized carbons (Fsp3) is 0.286. The van der Waals surface area contributed by atoms with Gasteiger partial charge in [0.05, 0.1) is 24.7 Å². The van der Waals surface area contributed by atoms with Gasteiger partial charge in [-0.1, -0.05) is 6.07 Å². The van der Waals surface area contributed by atoms with Crippen LogP contribution in [0.25, 0.3) is 11.0 Å². The molecule has 0 radical (unpaired) electrons. The van der Waals surface area contributed by atoms with Crippen LogP contribution in [-0.4, -0.2) is 29.6 Å². The Morgan fingerprint density at radius 1 is 1.41 bits per heavy atom. The standard InChI is InChI=1S/C9H7F3N2.C3H7NO2.C2H2/c1-5-2-3-6-7(4-5)14-8(13-6)9(10,11)12;1-6-3(5)2-4;1-2/h2-4H,1H3,(H,13,14);2,4H2,1H3;1-2H. The second kappa shape index (κ2) is 8.69. The number of methoxy groups -OCH3 is 1. The summed E-state index contributed by atoms with van der Waals surface area (Å²) in [4.78, 5) is 15.5. The van der Waals surface area contributed by atoms with Crippen molar-refractivity contribution >= 4 is 17.0 Å². The predicted octanol–water partition coefficient (Wildman–Crippen LogP) is 2.26. The molecule has 0 saturated heterocycles. The van der Waals surface area contributed by atoms with Crippen LogP contribution in [0, 0.1) is 19.8 Å². The van der Waals surface area contributed by atoms with Crippen molar-refractivity contribution in [1.82, 2.24) is 9.97 Å². The Hall–Kier alpha value is -2.53. The normalized spacial score (nSPS) is 10.0. The molecule has 0 atom stereocenters. The maximum absolute atomic E-state index is 12.2. The first-order valence-corrected chi connectivity index (χ1v) is 5.91. The van der Waals surface area contributed by atoms with Gasteiger partial charge in [-0.2, -0.15) is 13.2 Å². The highest BCUT2D eigenvalue weighted by Crippen LogP contribution is 2.28. The molecule has 0 aliphatic carbocycles. The van der Waals surface area contributed by atoms with Crippen LogP contribution in [0.2, 0.25) is 0 Å². The summed E-state index contributed by atoms with van der Waals surface area (Å²) in [7, 11) is 1.30. The number of esters is 1. The number of aryl methyl sites for hydroxylation is 1. The van der Waals surface area contributed by atoms with E-state index in [1.807, 2.05) is 6.92 Å². The third kappa shape index (κ3) is 5.85. The molecule has 22 heavy (non-hydrogen) atoms. The number of hydrogen-bond donors (Lipinski definition) is 2. The fourth-order valence-corrected chi connectivity index (χ4v) is 1.34. The Balaban J connectivity index is 0.000000470. The van der Waals surface area contributed by atoms with Crippen molar-refractivity contribution in [3.63, 3.8) is 0 Å². The number of terminal acetylenes is 1. The first-order chi connectivity index (χ1) is 10.3. The lowest BCUT2D eigenvalue weighted by atomic mass is 10.2. The van der Waals surface area contributed by atoms with Gasteiger partial charge in [0.1, 0.15) is 0 Å². The molecule has 0 aliphatic heterocycles. The first-order valence-electron chi connectivity index (χ1n) is 5.91. The van der Waals surface area contributed by atoms with Crippen LogP contribution in [0.5, 0.6) is 0 Å². The van der Waals surface area contributed by atoms with Crippen LogP contribution < -0.4 is 5.73 Å². The Labute approximate surface area is 125 Å². The zero-order chi connectivity index (χ0) is 17.3. The lowest BCUT2D eigenvalue weighted by molar-refractivity contribution is -0.144. The van der Waals surface area contributed by atoms with E-state index in [9.17, 15) is 18.0 Å². The second-order valence-electron chi connectivity index (χ2n) is 3.88. The maximum Gasteiger partial charge on any atom is 0.449 e. The van der Waals surface area contributed by atoms with E-state index in [4.69, 9.17) is 5.73 Å². The highest BCUT2D eigenvalue weighted by molar-refractivity contribution is 5.75. The lowest BCUT2D eigenvalue weighted by Crippen LogP contribution is -2.14. The number of rotatable bonds is 1. The average Bonchev–Trinajstić information content (AvgIpc) is 2.92. The van der Waals surface area contributed by atoms with Crippen molar-refractivity contribution in [2.24, 2.45) is 5.73 Å². The summed E-state index contributed by atoms with van der Waals surface area (Å²) in [6.07, 6.45) is 3.59. The van der Waals surface area contributed by atoms with E-state index in [0.717, 1.165) is 5.56 Å². The first kappa shape index (κ1) is 19.5. The summed E-state index contributed by atoms with van der Waals surface area (Å²) in [5, 5.41) is 0. The van der Waals surface area contributed by atoms with Gasteiger partial charge in [0.2, 0.25) is 5.82 Å². The number of carbonyl (C=O) groups excluding carboxylic acids is 1. The van der Waals surface area contributed by atoms with Crippen molar-refractivity contribution in [1.29, 1.82) is 0 Å². The number of nitrogens with zero attached hydrogens (tertiary/aromatic N) is 1. The zero-order valence-corrected chi connectivity index (χ0v) is 12.1. The SMILES string of the molecule is C#C.COC(=O)CN.Cc1ccc2nc(C(F)(F)F)[nH]c2c1. The van der Waals surface area contributed by atoms with Gasteiger partial charge in [0.25, 0.3) is 0 Å². The summed E-state index contributed by atoms with van der Waals surface area (Å²) in [5.41, 5.74) is 6.46. The molecule has 0 unspecified atom stereocenters. The van der Waals surface area contributed by atoms with Crippen molar-refractivity contribution in [2.45, 2.75) is 13.1 Å². The Kier molecular flexibility index (Phi) is 7.69. The molecular formula is C14H16F3N3O2. The monoisotopic (exact) mass is 315 g/mol. The third-order valence-corrected chi connectivity index (χ3v) is 2.30. The number of nitrogens with one attached hydrogen (secondary N) is 1.